The quantitative estimate of drug-likeness (QED) is 0.802. The Morgan fingerprint density at radius 3 is 2.87 bits per heavy atom. The van der Waals surface area contributed by atoms with Gasteiger partial charge in [0, 0.05) is 7.05 Å². The molecule has 4 rings (SSSR count). The number of aryl methyl sites for hydroxylation is 2. The molecule has 0 radical (unpaired) electrons. The lowest BCUT2D eigenvalue weighted by Crippen LogP contribution is -2.03. The predicted octanol–water partition coefficient (Wildman–Crippen LogP) is 2.66. The number of aromatic nitrogens is 5. The first-order valence-electron chi connectivity index (χ1n) is 7.87. The van der Waals surface area contributed by atoms with Crippen LogP contribution in [0.15, 0.2) is 17.8 Å². The number of thiophene rings is 1. The maximum Gasteiger partial charge on any atom is 0.179 e. The third-order valence-electron chi connectivity index (χ3n) is 4.24. The monoisotopic (exact) mass is 329 g/mol. The molecule has 1 unspecified atom stereocenters. The molecule has 3 aromatic rings. The molecule has 3 aromatic heterocycles. The van der Waals surface area contributed by atoms with Crippen LogP contribution >= 0.6 is 11.3 Å². The molecule has 0 aliphatic heterocycles. The zero-order valence-corrected chi connectivity index (χ0v) is 14.0. The van der Waals surface area contributed by atoms with Gasteiger partial charge in [0.15, 0.2) is 11.6 Å². The summed E-state index contributed by atoms with van der Waals surface area (Å²) in [5.41, 5.74) is 3.70. The summed E-state index contributed by atoms with van der Waals surface area (Å²) in [6.07, 6.45) is 7.71. The molecule has 6 nitrogen and oxygen atoms in total. The normalized spacial score (nSPS) is 15.6. The van der Waals surface area contributed by atoms with Gasteiger partial charge in [0.05, 0.1) is 17.3 Å². The van der Waals surface area contributed by atoms with Gasteiger partial charge in [-0.3, -0.25) is 4.68 Å². The maximum absolute atomic E-state index is 9.89. The van der Waals surface area contributed by atoms with Crippen LogP contribution in [-0.2, 0) is 19.9 Å². The summed E-state index contributed by atoms with van der Waals surface area (Å²) in [5.74, 6) is 1.25. The molecule has 0 spiro atoms. The first kappa shape index (κ1) is 14.6. The van der Waals surface area contributed by atoms with E-state index >= 15 is 0 Å². The van der Waals surface area contributed by atoms with Crippen LogP contribution in [0.1, 0.15) is 42.8 Å². The van der Waals surface area contributed by atoms with Gasteiger partial charge in [-0.1, -0.05) is 0 Å². The lowest BCUT2D eigenvalue weighted by molar-refractivity contribution is 0.189. The van der Waals surface area contributed by atoms with Crippen LogP contribution in [0.4, 0.5) is 0 Å². The van der Waals surface area contributed by atoms with Crippen LogP contribution in [-0.4, -0.2) is 29.7 Å². The van der Waals surface area contributed by atoms with Gasteiger partial charge in [-0.2, -0.15) is 5.10 Å². The Kier molecular flexibility index (Phi) is 3.54. The van der Waals surface area contributed by atoms with Crippen LogP contribution in [0, 0.1) is 0 Å². The number of fused-ring (bicyclic) bond motifs is 1. The van der Waals surface area contributed by atoms with E-state index in [-0.39, 0.29) is 0 Å². The average molecular weight is 329 g/mol. The van der Waals surface area contributed by atoms with Crippen LogP contribution in [0.5, 0.6) is 0 Å². The predicted molar refractivity (Wildman–Crippen MR) is 88.7 cm³/mol. The van der Waals surface area contributed by atoms with E-state index in [1.165, 1.54) is 28.8 Å². The highest BCUT2D eigenvalue weighted by molar-refractivity contribution is 7.13. The standard InChI is InChI=1S/C16H19N5OS/c1-10(22)15-18-16(21(19-15)12-7-17-20(2)8-12)14-13-6-4-3-5-11(13)9-23-14/h7-10,22H,3-6H2,1-2H3. The van der Waals surface area contributed by atoms with Crippen molar-refractivity contribution in [3.05, 3.63) is 34.7 Å². The molecular weight excluding hydrogens is 310 g/mol. The molecule has 3 heterocycles. The molecule has 1 N–H and O–H groups in total. The Balaban J connectivity index is 1.89. The molecule has 23 heavy (non-hydrogen) atoms. The molecule has 0 fully saturated rings. The maximum atomic E-state index is 9.89. The van der Waals surface area contributed by atoms with E-state index in [0.717, 1.165) is 24.4 Å². The van der Waals surface area contributed by atoms with E-state index in [0.29, 0.717) is 5.82 Å². The van der Waals surface area contributed by atoms with Gasteiger partial charge in [0.2, 0.25) is 0 Å². The summed E-state index contributed by atoms with van der Waals surface area (Å²) in [7, 11) is 1.88. The van der Waals surface area contributed by atoms with Crippen molar-refractivity contribution in [2.45, 2.75) is 38.7 Å². The molecule has 0 saturated heterocycles. The topological polar surface area (TPSA) is 68.8 Å². The summed E-state index contributed by atoms with van der Waals surface area (Å²) in [5, 5.41) is 20.9. The van der Waals surface area contributed by atoms with Crippen molar-refractivity contribution in [3.8, 4) is 16.4 Å². The number of hydrogen-bond acceptors (Lipinski definition) is 5. The molecule has 1 atom stereocenters. The minimum absolute atomic E-state index is 0.446. The molecule has 0 bridgehead atoms. The van der Waals surface area contributed by atoms with E-state index in [2.05, 4.69) is 20.6 Å². The molecular formula is C16H19N5OS. The van der Waals surface area contributed by atoms with Crippen LogP contribution in [0.3, 0.4) is 0 Å². The second kappa shape index (κ2) is 5.58. The van der Waals surface area contributed by atoms with E-state index in [1.807, 2.05) is 13.2 Å². The smallest absolute Gasteiger partial charge is 0.179 e. The number of hydrogen-bond donors (Lipinski definition) is 1. The van der Waals surface area contributed by atoms with E-state index in [4.69, 9.17) is 0 Å². The number of rotatable bonds is 3. The largest absolute Gasteiger partial charge is 0.385 e. The summed E-state index contributed by atoms with van der Waals surface area (Å²) in [4.78, 5) is 5.79. The van der Waals surface area contributed by atoms with Crippen molar-refractivity contribution >= 4 is 11.3 Å². The highest BCUT2D eigenvalue weighted by Gasteiger charge is 2.23. The number of aliphatic hydroxyl groups excluding tert-OH is 1. The average Bonchev–Trinajstić information content (AvgIpc) is 3.23. The van der Waals surface area contributed by atoms with Crippen molar-refractivity contribution in [2.75, 3.05) is 0 Å². The second-order valence-corrected chi connectivity index (χ2v) is 6.91. The molecule has 1 aliphatic carbocycles. The summed E-state index contributed by atoms with van der Waals surface area (Å²) in [6.45, 7) is 1.69. The second-order valence-electron chi connectivity index (χ2n) is 6.03. The van der Waals surface area contributed by atoms with Gasteiger partial charge < -0.3 is 5.11 Å². The van der Waals surface area contributed by atoms with Crippen molar-refractivity contribution in [1.29, 1.82) is 0 Å². The van der Waals surface area contributed by atoms with Crippen LogP contribution in [0.25, 0.3) is 16.4 Å². The minimum Gasteiger partial charge on any atom is -0.385 e. The molecule has 120 valence electrons. The summed E-state index contributed by atoms with van der Waals surface area (Å²) >= 11 is 1.73. The van der Waals surface area contributed by atoms with Crippen LogP contribution in [0.2, 0.25) is 0 Å². The Bertz CT molecular complexity index is 845. The number of aliphatic hydroxyl groups is 1. The lowest BCUT2D eigenvalue weighted by atomic mass is 9.94. The molecule has 0 aromatic carbocycles. The van der Waals surface area contributed by atoms with Crippen molar-refractivity contribution in [1.82, 2.24) is 24.5 Å². The van der Waals surface area contributed by atoms with Gasteiger partial charge >= 0.3 is 0 Å². The van der Waals surface area contributed by atoms with Gasteiger partial charge in [-0.15, -0.1) is 16.4 Å². The highest BCUT2D eigenvalue weighted by atomic mass is 32.1. The SMILES string of the molecule is CC(O)c1nc(-c2scc3c2CCCC3)n(-c2cnn(C)c2)n1. The zero-order valence-electron chi connectivity index (χ0n) is 13.2. The molecule has 1 aliphatic rings. The highest BCUT2D eigenvalue weighted by Crippen LogP contribution is 2.37. The Morgan fingerprint density at radius 1 is 1.30 bits per heavy atom. The van der Waals surface area contributed by atoms with Gasteiger partial charge in [0.25, 0.3) is 0 Å². The third-order valence-corrected chi connectivity index (χ3v) is 5.31. The van der Waals surface area contributed by atoms with Crippen molar-refractivity contribution in [3.63, 3.8) is 0 Å². The van der Waals surface area contributed by atoms with Gasteiger partial charge in [0.1, 0.15) is 11.8 Å². The Labute approximate surface area is 138 Å². The van der Waals surface area contributed by atoms with Crippen molar-refractivity contribution < 1.29 is 5.11 Å². The van der Waals surface area contributed by atoms with Gasteiger partial charge in [-0.25, -0.2) is 9.67 Å². The summed E-state index contributed by atoms with van der Waals surface area (Å²) in [6, 6.07) is 0. The zero-order chi connectivity index (χ0) is 16.0. The molecule has 0 saturated carbocycles. The first-order chi connectivity index (χ1) is 11.1. The fourth-order valence-electron chi connectivity index (χ4n) is 3.06. The van der Waals surface area contributed by atoms with Crippen LogP contribution < -0.4 is 0 Å². The van der Waals surface area contributed by atoms with Crippen molar-refractivity contribution in [2.24, 2.45) is 7.05 Å². The lowest BCUT2D eigenvalue weighted by Gasteiger charge is -2.12. The Morgan fingerprint density at radius 2 is 2.13 bits per heavy atom. The summed E-state index contributed by atoms with van der Waals surface area (Å²) < 4.78 is 3.54. The minimum atomic E-state index is -0.692. The van der Waals surface area contributed by atoms with E-state index in [9.17, 15) is 5.11 Å². The van der Waals surface area contributed by atoms with Gasteiger partial charge in [-0.05, 0) is 49.1 Å². The number of nitrogens with zero attached hydrogens (tertiary/aromatic N) is 5. The third kappa shape index (κ3) is 2.49. The fraction of sp³-hybridized carbons (Fsp3) is 0.438. The van der Waals surface area contributed by atoms with E-state index in [1.54, 1.807) is 33.8 Å². The van der Waals surface area contributed by atoms with E-state index < -0.39 is 6.10 Å². The fourth-order valence-corrected chi connectivity index (χ4v) is 4.19. The molecule has 0 amide bonds. The first-order valence-corrected chi connectivity index (χ1v) is 8.75. The Hall–Kier alpha value is -1.99. The molecule has 7 heteroatoms.